The summed E-state index contributed by atoms with van der Waals surface area (Å²) < 4.78 is 12.9. The van der Waals surface area contributed by atoms with Gasteiger partial charge in [-0.2, -0.15) is 0 Å². The van der Waals surface area contributed by atoms with E-state index >= 15 is 0 Å². The number of benzene rings is 1. The minimum absolute atomic E-state index is 0.0850. The zero-order valence-electron chi connectivity index (χ0n) is 6.75. The molecular weight excluding hydrogens is 155 g/mol. The maximum atomic E-state index is 12.9. The average molecular weight is 164 g/mol. The molecule has 0 saturated heterocycles. The second-order valence-electron chi connectivity index (χ2n) is 2.47. The third kappa shape index (κ3) is 2.31. The van der Waals surface area contributed by atoms with Crippen molar-refractivity contribution in [2.24, 2.45) is 0 Å². The van der Waals surface area contributed by atoms with Gasteiger partial charge in [0.05, 0.1) is 0 Å². The highest BCUT2D eigenvalue weighted by molar-refractivity contribution is 5.91. The van der Waals surface area contributed by atoms with Crippen molar-refractivity contribution in [3.05, 3.63) is 41.7 Å². The molecule has 0 unspecified atom stereocenters. The summed E-state index contributed by atoms with van der Waals surface area (Å²) in [7, 11) is 0. The number of halogens is 1. The molecular formula is C10H9FO. The molecule has 0 aliphatic carbocycles. The fourth-order valence-corrected chi connectivity index (χ4v) is 0.817. The highest BCUT2D eigenvalue weighted by Crippen LogP contribution is 2.07. The lowest BCUT2D eigenvalue weighted by Crippen LogP contribution is -1.83. The maximum absolute atomic E-state index is 12.9. The van der Waals surface area contributed by atoms with Gasteiger partial charge in [-0.15, -0.1) is 0 Å². The van der Waals surface area contributed by atoms with Crippen LogP contribution in [0.4, 0.5) is 4.39 Å². The summed E-state index contributed by atoms with van der Waals surface area (Å²) in [5.41, 5.74) is 0.438. The third-order valence-electron chi connectivity index (χ3n) is 1.40. The van der Waals surface area contributed by atoms with Crippen LogP contribution in [0.3, 0.4) is 0 Å². The van der Waals surface area contributed by atoms with Gasteiger partial charge >= 0.3 is 0 Å². The topological polar surface area (TPSA) is 17.1 Å². The lowest BCUT2D eigenvalue weighted by Gasteiger charge is -1.93. The highest BCUT2D eigenvalue weighted by Gasteiger charge is 1.94. The Hall–Kier alpha value is -1.44. The van der Waals surface area contributed by atoms with Gasteiger partial charge in [-0.1, -0.05) is 18.2 Å². The molecule has 62 valence electrons. The lowest BCUT2D eigenvalue weighted by molar-refractivity contribution is -0.112. The van der Waals surface area contributed by atoms with Gasteiger partial charge in [0.15, 0.2) is 5.78 Å². The number of hydrogen-bond acceptors (Lipinski definition) is 1. The molecule has 0 radical (unpaired) electrons. The first-order valence-electron chi connectivity index (χ1n) is 3.63. The van der Waals surface area contributed by atoms with Crippen molar-refractivity contribution >= 4 is 11.9 Å². The second kappa shape index (κ2) is 3.81. The summed E-state index contributed by atoms with van der Waals surface area (Å²) >= 11 is 0. The number of rotatable bonds is 2. The van der Waals surface area contributed by atoms with E-state index in [9.17, 15) is 9.18 Å². The van der Waals surface area contributed by atoms with Crippen LogP contribution in [0.25, 0.3) is 6.08 Å². The Kier molecular flexibility index (Phi) is 2.75. The number of carbonyl (C=O) groups is 1. The first kappa shape index (κ1) is 8.65. The highest BCUT2D eigenvalue weighted by atomic mass is 19.1. The van der Waals surface area contributed by atoms with Gasteiger partial charge in [0.25, 0.3) is 0 Å². The van der Waals surface area contributed by atoms with Crippen LogP contribution in [-0.2, 0) is 4.79 Å². The van der Waals surface area contributed by atoms with Crippen molar-refractivity contribution in [2.45, 2.75) is 6.92 Å². The maximum Gasteiger partial charge on any atom is 0.152 e. The molecule has 0 fully saturated rings. The van der Waals surface area contributed by atoms with Crippen LogP contribution in [0, 0.1) is 5.82 Å². The zero-order valence-corrected chi connectivity index (χ0v) is 6.75. The van der Waals surface area contributed by atoms with E-state index in [1.807, 2.05) is 0 Å². The van der Waals surface area contributed by atoms with Crippen LogP contribution in [0.5, 0.6) is 0 Å². The minimum Gasteiger partial charge on any atom is -0.295 e. The van der Waals surface area contributed by atoms with Crippen LogP contribution in [0.1, 0.15) is 12.5 Å². The van der Waals surface area contributed by atoms with Crippen molar-refractivity contribution < 1.29 is 9.18 Å². The van der Waals surface area contributed by atoms with E-state index in [0.29, 0.717) is 5.56 Å². The Morgan fingerprint density at radius 1 is 1.42 bits per heavy atom. The predicted octanol–water partition coefficient (Wildman–Crippen LogP) is 2.43. The summed E-state index contributed by atoms with van der Waals surface area (Å²) in [5, 5.41) is 0. The fourth-order valence-electron chi connectivity index (χ4n) is 0.817. The quantitative estimate of drug-likeness (QED) is 0.613. The van der Waals surface area contributed by atoms with E-state index in [1.54, 1.807) is 18.2 Å². The average Bonchev–Trinajstić information content (AvgIpc) is 2.03. The largest absolute Gasteiger partial charge is 0.295 e. The second-order valence-corrected chi connectivity index (χ2v) is 2.47. The van der Waals surface area contributed by atoms with Crippen LogP contribution in [0.15, 0.2) is 30.3 Å². The Labute approximate surface area is 70.5 Å². The van der Waals surface area contributed by atoms with E-state index in [2.05, 4.69) is 0 Å². The van der Waals surface area contributed by atoms with E-state index in [4.69, 9.17) is 0 Å². The summed E-state index contributed by atoms with van der Waals surface area (Å²) in [4.78, 5) is 10.5. The summed E-state index contributed by atoms with van der Waals surface area (Å²) in [6, 6.07) is 6.32. The van der Waals surface area contributed by atoms with Gasteiger partial charge in [0.2, 0.25) is 0 Å². The van der Waals surface area contributed by atoms with E-state index in [0.717, 1.165) is 0 Å². The summed E-state index contributed by atoms with van der Waals surface area (Å²) in [6.07, 6.45) is 2.82. The third-order valence-corrected chi connectivity index (χ3v) is 1.40. The van der Waals surface area contributed by atoms with Crippen molar-refractivity contribution in [1.82, 2.24) is 0 Å². The molecule has 0 amide bonds. The molecule has 1 aromatic carbocycles. The molecule has 0 atom stereocenters. The number of hydrogen-bond donors (Lipinski definition) is 0. The Morgan fingerprint density at radius 3 is 2.67 bits per heavy atom. The van der Waals surface area contributed by atoms with E-state index < -0.39 is 0 Å². The van der Waals surface area contributed by atoms with Crippen LogP contribution >= 0.6 is 0 Å². The van der Waals surface area contributed by atoms with Crippen molar-refractivity contribution in [3.8, 4) is 0 Å². The van der Waals surface area contributed by atoms with Gasteiger partial charge < -0.3 is 0 Å². The molecule has 1 nitrogen and oxygen atoms in total. The number of ketones is 1. The van der Waals surface area contributed by atoms with Gasteiger partial charge in [-0.25, -0.2) is 4.39 Å². The van der Waals surface area contributed by atoms with Gasteiger partial charge in [0.1, 0.15) is 5.82 Å². The first-order chi connectivity index (χ1) is 5.70. The Morgan fingerprint density at radius 2 is 2.08 bits per heavy atom. The molecule has 0 aliphatic heterocycles. The van der Waals surface area contributed by atoms with Gasteiger partial charge in [0, 0.05) is 5.56 Å². The molecule has 2 heteroatoms. The van der Waals surface area contributed by atoms with Crippen molar-refractivity contribution in [1.29, 1.82) is 0 Å². The molecule has 0 bridgehead atoms. The van der Waals surface area contributed by atoms with E-state index in [-0.39, 0.29) is 11.6 Å². The SMILES string of the molecule is CC(=O)C=Cc1ccccc1F. The van der Waals surface area contributed by atoms with Gasteiger partial charge in [-0.3, -0.25) is 4.79 Å². The van der Waals surface area contributed by atoms with Crippen LogP contribution in [-0.4, -0.2) is 5.78 Å². The zero-order chi connectivity index (χ0) is 8.97. The first-order valence-corrected chi connectivity index (χ1v) is 3.63. The van der Waals surface area contributed by atoms with Crippen molar-refractivity contribution in [3.63, 3.8) is 0 Å². The van der Waals surface area contributed by atoms with Crippen molar-refractivity contribution in [2.75, 3.05) is 0 Å². The van der Waals surface area contributed by atoms with Crippen LogP contribution < -0.4 is 0 Å². The molecule has 0 aliphatic rings. The molecule has 0 saturated carbocycles. The molecule has 0 spiro atoms. The normalized spacial score (nSPS) is 10.5. The monoisotopic (exact) mass is 164 g/mol. The van der Waals surface area contributed by atoms with Gasteiger partial charge in [-0.05, 0) is 25.1 Å². The standard InChI is InChI=1S/C10H9FO/c1-8(12)6-7-9-4-2-3-5-10(9)11/h2-7H,1H3. The number of carbonyl (C=O) groups excluding carboxylic acids is 1. The van der Waals surface area contributed by atoms with E-state index in [1.165, 1.54) is 25.1 Å². The molecule has 0 heterocycles. The molecule has 12 heavy (non-hydrogen) atoms. The predicted molar refractivity (Wildman–Crippen MR) is 46.1 cm³/mol. The van der Waals surface area contributed by atoms with Crippen LogP contribution in [0.2, 0.25) is 0 Å². The summed E-state index contributed by atoms with van der Waals surface area (Å²) in [5.74, 6) is -0.395. The lowest BCUT2D eigenvalue weighted by atomic mass is 10.2. The molecule has 0 N–H and O–H groups in total. The molecule has 1 aromatic rings. The Bertz CT molecular complexity index is 315. The number of allylic oxidation sites excluding steroid dienone is 1. The Balaban J connectivity index is 2.89. The molecule has 0 aromatic heterocycles. The molecule has 1 rings (SSSR count). The summed E-state index contributed by atoms with van der Waals surface area (Å²) in [6.45, 7) is 1.43. The minimum atomic E-state index is -0.310. The smallest absolute Gasteiger partial charge is 0.152 e. The fraction of sp³-hybridized carbons (Fsp3) is 0.100.